The number of aryl methyl sites for hydroxylation is 1. The van der Waals surface area contributed by atoms with Crippen molar-refractivity contribution < 1.29 is 0 Å². The van der Waals surface area contributed by atoms with E-state index in [2.05, 4.69) is 29.7 Å². The van der Waals surface area contributed by atoms with Crippen LogP contribution in [0.5, 0.6) is 0 Å². The zero-order valence-corrected chi connectivity index (χ0v) is 12.1. The topological polar surface area (TPSA) is 36.4 Å². The van der Waals surface area contributed by atoms with E-state index in [1.54, 1.807) is 0 Å². The van der Waals surface area contributed by atoms with Crippen LogP contribution in [0.1, 0.15) is 32.3 Å². The summed E-state index contributed by atoms with van der Waals surface area (Å²) in [5.74, 6) is 0.476. The van der Waals surface area contributed by atoms with Crippen LogP contribution in [0.25, 0.3) is 0 Å². The summed E-state index contributed by atoms with van der Waals surface area (Å²) in [5, 5.41) is 7.78. The Morgan fingerprint density at radius 3 is 2.83 bits per heavy atom. The molecule has 18 heavy (non-hydrogen) atoms. The molecule has 2 N–H and O–H groups in total. The molecule has 0 radical (unpaired) electrons. The van der Waals surface area contributed by atoms with Gasteiger partial charge in [-0.15, -0.1) is 0 Å². The maximum Gasteiger partial charge on any atom is 0.191 e. The van der Waals surface area contributed by atoms with Gasteiger partial charge in [0.2, 0.25) is 0 Å². The van der Waals surface area contributed by atoms with Crippen LogP contribution in [0.2, 0.25) is 0 Å². The lowest BCUT2D eigenvalue weighted by Gasteiger charge is -2.09. The van der Waals surface area contributed by atoms with Gasteiger partial charge in [0.1, 0.15) is 0 Å². The van der Waals surface area contributed by atoms with E-state index < -0.39 is 0 Å². The van der Waals surface area contributed by atoms with E-state index in [9.17, 15) is 0 Å². The van der Waals surface area contributed by atoms with Crippen molar-refractivity contribution in [3.8, 4) is 0 Å². The number of hydrazone groups is 1. The number of hydrogen-bond acceptors (Lipinski definition) is 2. The normalized spacial score (nSPS) is 12.4. The average Bonchev–Trinajstić information content (AvgIpc) is 2.32. The minimum absolute atomic E-state index is 0.476. The van der Waals surface area contributed by atoms with Crippen LogP contribution in [-0.2, 0) is 0 Å². The smallest absolute Gasteiger partial charge is 0.191 e. The zero-order valence-electron chi connectivity index (χ0n) is 11.2. The van der Waals surface area contributed by atoms with E-state index in [0.29, 0.717) is 11.0 Å². The summed E-state index contributed by atoms with van der Waals surface area (Å²) in [7, 11) is 0. The van der Waals surface area contributed by atoms with Crippen molar-refractivity contribution >= 4 is 29.2 Å². The van der Waals surface area contributed by atoms with Gasteiger partial charge in [-0.05, 0) is 43.1 Å². The Morgan fingerprint density at radius 2 is 2.17 bits per heavy atom. The van der Waals surface area contributed by atoms with Crippen molar-refractivity contribution in [1.82, 2.24) is 5.43 Å². The minimum atomic E-state index is 0.476. The number of nitrogens with one attached hydrogen (secondary N) is 2. The summed E-state index contributed by atoms with van der Waals surface area (Å²) in [6.07, 6.45) is 4.21. The van der Waals surface area contributed by atoms with Gasteiger partial charge in [0, 0.05) is 11.9 Å². The van der Waals surface area contributed by atoms with Gasteiger partial charge >= 0.3 is 0 Å². The molecule has 0 saturated carbocycles. The van der Waals surface area contributed by atoms with Gasteiger partial charge in [-0.2, -0.15) is 5.10 Å². The molecule has 1 aromatic carbocycles. The molecule has 1 rings (SSSR count). The molecular formula is C14H21N3S. The first kappa shape index (κ1) is 14.6. The fourth-order valence-corrected chi connectivity index (χ4v) is 1.78. The molecule has 1 unspecified atom stereocenters. The number of benzene rings is 1. The molecule has 0 spiro atoms. The molecular weight excluding hydrogens is 242 g/mol. The molecule has 0 aliphatic rings. The summed E-state index contributed by atoms with van der Waals surface area (Å²) in [5.41, 5.74) is 5.00. The highest BCUT2D eigenvalue weighted by Crippen LogP contribution is 2.12. The fraction of sp³-hybridized carbons (Fsp3) is 0.429. The second-order valence-electron chi connectivity index (χ2n) is 4.42. The van der Waals surface area contributed by atoms with Gasteiger partial charge < -0.3 is 5.32 Å². The van der Waals surface area contributed by atoms with E-state index >= 15 is 0 Å². The number of rotatable bonds is 5. The minimum Gasteiger partial charge on any atom is -0.331 e. The Balaban J connectivity index is 2.41. The van der Waals surface area contributed by atoms with Crippen molar-refractivity contribution in [3.05, 3.63) is 29.8 Å². The Hall–Kier alpha value is -1.42. The average molecular weight is 263 g/mol. The first-order valence-electron chi connectivity index (χ1n) is 6.29. The standard InChI is InChI=1S/C14H21N3S/c1-4-7-11(2)10-15-17-14(18)16-13-9-6-5-8-12(13)3/h5-6,8-11H,4,7H2,1-3H3,(H2,16,17,18)/b15-10+. The summed E-state index contributed by atoms with van der Waals surface area (Å²) in [6.45, 7) is 6.35. The molecule has 0 saturated heterocycles. The zero-order chi connectivity index (χ0) is 13.4. The molecule has 0 aromatic heterocycles. The summed E-state index contributed by atoms with van der Waals surface area (Å²) in [6, 6.07) is 8.01. The molecule has 0 fully saturated rings. The van der Waals surface area contributed by atoms with Crippen molar-refractivity contribution in [1.29, 1.82) is 0 Å². The van der Waals surface area contributed by atoms with Crippen LogP contribution in [0.4, 0.5) is 5.69 Å². The molecule has 0 amide bonds. The molecule has 0 bridgehead atoms. The van der Waals surface area contributed by atoms with Gasteiger partial charge in [0.05, 0.1) is 0 Å². The number of thiocarbonyl (C=S) groups is 1. The van der Waals surface area contributed by atoms with Gasteiger partial charge in [-0.3, -0.25) is 5.43 Å². The van der Waals surface area contributed by atoms with Crippen molar-refractivity contribution in [2.45, 2.75) is 33.6 Å². The lowest BCUT2D eigenvalue weighted by Crippen LogP contribution is -2.24. The van der Waals surface area contributed by atoms with Crippen molar-refractivity contribution in [3.63, 3.8) is 0 Å². The van der Waals surface area contributed by atoms with Crippen molar-refractivity contribution in [2.75, 3.05) is 5.32 Å². The van der Waals surface area contributed by atoms with Crippen LogP contribution in [0.15, 0.2) is 29.4 Å². The Bertz CT molecular complexity index is 415. The number of para-hydroxylation sites is 1. The Labute approximate surface area is 115 Å². The lowest BCUT2D eigenvalue weighted by molar-refractivity contribution is 0.674. The highest BCUT2D eigenvalue weighted by molar-refractivity contribution is 7.80. The molecule has 3 nitrogen and oxygen atoms in total. The Kier molecular flexibility index (Phi) is 6.36. The summed E-state index contributed by atoms with van der Waals surface area (Å²) >= 11 is 5.18. The highest BCUT2D eigenvalue weighted by Gasteiger charge is 1.99. The maximum atomic E-state index is 5.18. The number of anilines is 1. The fourth-order valence-electron chi connectivity index (χ4n) is 1.62. The lowest BCUT2D eigenvalue weighted by atomic mass is 10.1. The second kappa shape index (κ2) is 7.82. The van der Waals surface area contributed by atoms with E-state index in [-0.39, 0.29) is 0 Å². The van der Waals surface area contributed by atoms with Crippen LogP contribution >= 0.6 is 12.2 Å². The van der Waals surface area contributed by atoms with Gasteiger partial charge in [-0.25, -0.2) is 0 Å². The van der Waals surface area contributed by atoms with Gasteiger partial charge in [0.15, 0.2) is 5.11 Å². The van der Waals surface area contributed by atoms with Crippen LogP contribution in [0.3, 0.4) is 0 Å². The molecule has 1 aromatic rings. The van der Waals surface area contributed by atoms with E-state index in [1.165, 1.54) is 6.42 Å². The molecule has 98 valence electrons. The largest absolute Gasteiger partial charge is 0.331 e. The van der Waals surface area contributed by atoms with E-state index in [1.807, 2.05) is 37.4 Å². The van der Waals surface area contributed by atoms with Crippen molar-refractivity contribution in [2.24, 2.45) is 11.0 Å². The van der Waals surface area contributed by atoms with E-state index in [4.69, 9.17) is 12.2 Å². The predicted molar refractivity (Wildman–Crippen MR) is 83.1 cm³/mol. The van der Waals surface area contributed by atoms with Crippen LogP contribution in [0, 0.1) is 12.8 Å². The number of nitrogens with zero attached hydrogens (tertiary/aromatic N) is 1. The van der Waals surface area contributed by atoms with E-state index in [0.717, 1.165) is 17.7 Å². The molecule has 0 heterocycles. The second-order valence-corrected chi connectivity index (χ2v) is 4.83. The number of hydrogen-bond donors (Lipinski definition) is 2. The first-order chi connectivity index (χ1) is 8.63. The summed E-state index contributed by atoms with van der Waals surface area (Å²) in [4.78, 5) is 0. The first-order valence-corrected chi connectivity index (χ1v) is 6.70. The maximum absolute atomic E-state index is 5.18. The molecule has 0 aliphatic carbocycles. The third-order valence-corrected chi connectivity index (χ3v) is 2.83. The quantitative estimate of drug-likeness (QED) is 0.483. The monoisotopic (exact) mass is 263 g/mol. The third kappa shape index (κ3) is 5.27. The SMILES string of the molecule is CCCC(C)/C=N/NC(=S)Nc1ccccc1C. The highest BCUT2D eigenvalue weighted by atomic mass is 32.1. The predicted octanol–water partition coefficient (Wildman–Crippen LogP) is 3.70. The van der Waals surface area contributed by atoms with Gasteiger partial charge in [0.25, 0.3) is 0 Å². The summed E-state index contributed by atoms with van der Waals surface area (Å²) < 4.78 is 0. The van der Waals surface area contributed by atoms with Crippen LogP contribution < -0.4 is 10.7 Å². The molecule has 1 atom stereocenters. The molecule has 4 heteroatoms. The Morgan fingerprint density at radius 1 is 1.44 bits per heavy atom. The van der Waals surface area contributed by atoms with Crippen LogP contribution in [-0.4, -0.2) is 11.3 Å². The van der Waals surface area contributed by atoms with Gasteiger partial charge in [-0.1, -0.05) is 38.5 Å². The third-order valence-electron chi connectivity index (χ3n) is 2.63. The molecule has 0 aliphatic heterocycles.